The molecule has 8 saturated carbocycles. The van der Waals surface area contributed by atoms with Crippen molar-refractivity contribution < 1.29 is 0 Å². The van der Waals surface area contributed by atoms with Crippen LogP contribution in [0.5, 0.6) is 0 Å². The summed E-state index contributed by atoms with van der Waals surface area (Å²) in [6.07, 6.45) is 35.3. The predicted molar refractivity (Wildman–Crippen MR) is 116 cm³/mol. The van der Waals surface area contributed by atoms with Crippen LogP contribution in [0.1, 0.15) is 103 Å². The molecule has 4 unspecified atom stereocenters. The van der Waals surface area contributed by atoms with E-state index in [0.717, 1.165) is 23.7 Å². The van der Waals surface area contributed by atoms with Gasteiger partial charge in [-0.25, -0.2) is 0 Å². The van der Waals surface area contributed by atoms with Crippen molar-refractivity contribution in [3.05, 3.63) is 24.3 Å². The Kier molecular flexibility index (Phi) is 3.43. The van der Waals surface area contributed by atoms with Crippen molar-refractivity contribution in [3.8, 4) is 0 Å². The maximum Gasteiger partial charge on any atom is -0.0252 e. The van der Waals surface area contributed by atoms with E-state index in [1.165, 1.54) is 25.7 Å². The van der Waals surface area contributed by atoms with Crippen molar-refractivity contribution in [3.63, 3.8) is 0 Å². The Hall–Kier alpha value is -0.520. The number of rotatable bonds is 0. The van der Waals surface area contributed by atoms with Gasteiger partial charge >= 0.3 is 0 Å². The van der Waals surface area contributed by atoms with E-state index in [1.807, 2.05) is 0 Å². The smallest absolute Gasteiger partial charge is 0.0252 e. The first kappa shape index (κ1) is 17.2. The van der Waals surface area contributed by atoms with Crippen molar-refractivity contribution in [1.29, 1.82) is 0 Å². The summed E-state index contributed by atoms with van der Waals surface area (Å²) in [6.45, 7) is 0. The molecule has 28 heavy (non-hydrogen) atoms. The molecule has 9 aliphatic rings. The molecule has 8 fully saturated rings. The van der Waals surface area contributed by atoms with Crippen LogP contribution in [-0.4, -0.2) is 0 Å². The summed E-state index contributed by atoms with van der Waals surface area (Å²) < 4.78 is 0. The zero-order valence-corrected chi connectivity index (χ0v) is 17.9. The Morgan fingerprint density at radius 2 is 0.643 bits per heavy atom. The molecule has 0 N–H and O–H groups in total. The lowest BCUT2D eigenvalue weighted by Gasteiger charge is -2.63. The molecule has 0 amide bonds. The van der Waals surface area contributed by atoms with Crippen LogP contribution in [0.25, 0.3) is 0 Å². The molecule has 0 saturated heterocycles. The first-order valence-electron chi connectivity index (χ1n) is 12.9. The molecule has 0 aromatic heterocycles. The lowest BCUT2D eigenvalue weighted by atomic mass is 9.42. The summed E-state index contributed by atoms with van der Waals surface area (Å²) in [4.78, 5) is 0. The number of allylic oxidation sites excluding steroid dienone is 4. The third kappa shape index (κ3) is 2.54. The van der Waals surface area contributed by atoms with Crippen LogP contribution in [0.15, 0.2) is 24.3 Å². The fourth-order valence-corrected chi connectivity index (χ4v) is 11.6. The summed E-state index contributed by atoms with van der Waals surface area (Å²) in [5, 5.41) is 0. The van der Waals surface area contributed by atoms with Gasteiger partial charge in [-0.2, -0.15) is 0 Å². The summed E-state index contributed by atoms with van der Waals surface area (Å²) >= 11 is 0. The highest BCUT2D eigenvalue weighted by Crippen LogP contribution is 2.69. The first-order valence-corrected chi connectivity index (χ1v) is 12.9. The highest BCUT2D eigenvalue weighted by molar-refractivity contribution is 5.15. The summed E-state index contributed by atoms with van der Waals surface area (Å²) in [7, 11) is 0. The van der Waals surface area contributed by atoms with E-state index in [1.54, 1.807) is 77.0 Å². The second kappa shape index (κ2) is 5.59. The zero-order valence-electron chi connectivity index (χ0n) is 17.9. The quantitative estimate of drug-likeness (QED) is 0.378. The Labute approximate surface area is 172 Å². The number of hydrogen-bond donors (Lipinski definition) is 0. The van der Waals surface area contributed by atoms with Crippen molar-refractivity contribution in [2.24, 2.45) is 45.3 Å². The van der Waals surface area contributed by atoms with E-state index in [0.29, 0.717) is 21.7 Å². The van der Waals surface area contributed by atoms with E-state index < -0.39 is 0 Å². The summed E-state index contributed by atoms with van der Waals surface area (Å²) in [5.74, 6) is 4.27. The molecule has 0 heteroatoms. The Balaban J connectivity index is 1.23. The Bertz CT molecular complexity index is 580. The molecule has 9 rings (SSSR count). The molecule has 0 radical (unpaired) electrons. The van der Waals surface area contributed by atoms with E-state index >= 15 is 0 Å². The van der Waals surface area contributed by atoms with Crippen molar-refractivity contribution in [1.82, 2.24) is 0 Å². The molecular weight excluding hydrogens is 336 g/mol. The van der Waals surface area contributed by atoms with Gasteiger partial charge in [0.15, 0.2) is 0 Å². The maximum atomic E-state index is 2.70. The van der Waals surface area contributed by atoms with Crippen molar-refractivity contribution in [2.45, 2.75) is 103 Å². The van der Waals surface area contributed by atoms with E-state index in [-0.39, 0.29) is 0 Å². The summed E-state index contributed by atoms with van der Waals surface area (Å²) in [5.41, 5.74) is 2.78. The minimum absolute atomic E-state index is 0.696. The minimum Gasteiger partial charge on any atom is -0.0880 e. The molecule has 9 aliphatic carbocycles. The Morgan fingerprint density at radius 3 is 0.893 bits per heavy atom. The molecule has 0 nitrogen and oxygen atoms in total. The van der Waals surface area contributed by atoms with Crippen molar-refractivity contribution >= 4 is 0 Å². The van der Waals surface area contributed by atoms with E-state index in [2.05, 4.69) is 24.3 Å². The third-order valence-corrected chi connectivity index (χ3v) is 11.1. The average Bonchev–Trinajstić information content (AvgIpc) is 2.60. The van der Waals surface area contributed by atoms with Crippen LogP contribution in [0, 0.1) is 45.3 Å². The molecule has 4 spiro atoms. The summed E-state index contributed by atoms with van der Waals surface area (Å²) in [6, 6.07) is 0. The topological polar surface area (TPSA) is 0 Å². The van der Waals surface area contributed by atoms with Gasteiger partial charge < -0.3 is 0 Å². The van der Waals surface area contributed by atoms with Gasteiger partial charge in [0.05, 0.1) is 0 Å². The number of hydrogen-bond acceptors (Lipinski definition) is 0. The average molecular weight is 377 g/mol. The van der Waals surface area contributed by atoms with Gasteiger partial charge in [0.1, 0.15) is 0 Å². The van der Waals surface area contributed by atoms with E-state index in [4.69, 9.17) is 0 Å². The van der Waals surface area contributed by atoms with Gasteiger partial charge in [0.25, 0.3) is 0 Å². The highest BCUT2D eigenvalue weighted by Gasteiger charge is 2.58. The molecule has 8 bridgehead atoms. The monoisotopic (exact) mass is 376 g/mol. The van der Waals surface area contributed by atoms with Crippen LogP contribution in [0.4, 0.5) is 0 Å². The van der Waals surface area contributed by atoms with Crippen LogP contribution < -0.4 is 0 Å². The van der Waals surface area contributed by atoms with Gasteiger partial charge in [-0.05, 0) is 148 Å². The van der Waals surface area contributed by atoms with Crippen LogP contribution in [0.3, 0.4) is 0 Å². The third-order valence-electron chi connectivity index (χ3n) is 11.1. The van der Waals surface area contributed by atoms with Gasteiger partial charge in [0, 0.05) is 0 Å². The molecule has 0 aromatic carbocycles. The van der Waals surface area contributed by atoms with Crippen LogP contribution in [0.2, 0.25) is 0 Å². The van der Waals surface area contributed by atoms with Crippen LogP contribution in [-0.2, 0) is 0 Å². The van der Waals surface area contributed by atoms with Gasteiger partial charge in [-0.15, -0.1) is 0 Å². The van der Waals surface area contributed by atoms with Crippen molar-refractivity contribution in [2.75, 3.05) is 0 Å². The molecular formula is C28H40. The minimum atomic E-state index is 0.696. The van der Waals surface area contributed by atoms with E-state index in [9.17, 15) is 0 Å². The molecule has 0 aliphatic heterocycles. The Morgan fingerprint density at radius 1 is 0.393 bits per heavy atom. The lowest BCUT2D eigenvalue weighted by molar-refractivity contribution is -0.111. The van der Waals surface area contributed by atoms with Gasteiger partial charge in [-0.3, -0.25) is 0 Å². The second-order valence-corrected chi connectivity index (χ2v) is 13.7. The zero-order chi connectivity index (χ0) is 18.5. The molecule has 0 aromatic rings. The largest absolute Gasteiger partial charge is 0.0880 e. The standard InChI is InChI=1S/C28H40/c1-2-6-26-13-23-10-24(14-26)18-28(17-23,20-26)8-4-3-7-27-15-21-9-22(16-27)12-25(5-1,11-21)19-27/h1-4,21-24H,5-20H2/b2-1-,4-3?. The second-order valence-electron chi connectivity index (χ2n) is 13.7. The maximum absolute atomic E-state index is 2.70. The first-order chi connectivity index (χ1) is 13.6. The molecule has 0 heterocycles. The fraction of sp³-hybridized carbons (Fsp3) is 0.857. The molecule has 4 atom stereocenters. The highest BCUT2D eigenvalue weighted by atomic mass is 14.6. The molecule has 152 valence electrons. The fourth-order valence-electron chi connectivity index (χ4n) is 11.6. The predicted octanol–water partition coefficient (Wildman–Crippen LogP) is 7.85. The van der Waals surface area contributed by atoms with Gasteiger partial charge in [0.2, 0.25) is 0 Å². The van der Waals surface area contributed by atoms with Crippen LogP contribution >= 0.6 is 0 Å². The SMILES string of the molecule is C1=CCC23CC4CC(C2)CC(C/C=C\CC25CC6CC(CC(C1)(C6)C2)C5)(C4)C3. The van der Waals surface area contributed by atoms with Gasteiger partial charge in [-0.1, -0.05) is 24.3 Å². The lowest BCUT2D eigenvalue weighted by Crippen LogP contribution is -2.52. The normalized spacial score (nSPS) is 60.0.